The van der Waals surface area contributed by atoms with Crippen molar-refractivity contribution >= 4 is 13.0 Å². The topological polar surface area (TPSA) is 151 Å². The van der Waals surface area contributed by atoms with E-state index in [2.05, 4.69) is 5.32 Å². The Morgan fingerprint density at radius 3 is 2.63 bits per heavy atom. The molecule has 0 saturated carbocycles. The smallest absolute Gasteiger partial charge is 0.534 e. The highest BCUT2D eigenvalue weighted by molar-refractivity contribution is 6.47. The zero-order valence-electron chi connectivity index (χ0n) is 14.6. The Morgan fingerprint density at radius 2 is 1.96 bits per heavy atom. The number of aliphatic hydroxyl groups is 2. The summed E-state index contributed by atoms with van der Waals surface area (Å²) < 4.78 is 5.44. The lowest BCUT2D eigenvalue weighted by molar-refractivity contribution is -0.0436. The molecule has 2 aromatic rings. The summed E-state index contributed by atoms with van der Waals surface area (Å²) in [5, 5.41) is 31.9. The number of rotatable bonds is 5. The Bertz CT molecular complexity index is 846. The third-order valence-electron chi connectivity index (χ3n) is 4.65. The van der Waals surface area contributed by atoms with Crippen LogP contribution >= 0.6 is 0 Å². The molecular weight excluding hydrogens is 349 g/mol. The lowest BCUT2D eigenvalue weighted by atomic mass is 9.72. The second kappa shape index (κ2) is 8.07. The highest BCUT2D eigenvalue weighted by atomic mass is 16.5. The Morgan fingerprint density at radius 1 is 1.22 bits per heavy atom. The molecule has 1 atom stereocenters. The molecule has 1 aliphatic heterocycles. The fraction of sp³-hybridized carbons (Fsp3) is 0.278. The molecule has 1 amide bonds. The average Bonchev–Trinajstić information content (AvgIpc) is 2.67. The number of hydrogen-bond acceptors (Lipinski definition) is 7. The molecule has 8 nitrogen and oxygen atoms in total. The third-order valence-corrected chi connectivity index (χ3v) is 4.65. The molecule has 0 fully saturated rings. The normalized spacial score (nSPS) is 16.1. The van der Waals surface area contributed by atoms with Crippen LogP contribution in [0, 0.1) is 0 Å². The first kappa shape index (κ1) is 19.3. The van der Waals surface area contributed by atoms with Crippen LogP contribution in [0.3, 0.4) is 0 Å². The van der Waals surface area contributed by atoms with Crippen LogP contribution in [-0.4, -0.2) is 34.2 Å². The molecule has 2 aromatic carbocycles. The monoisotopic (exact) mass is 371 g/mol. The van der Waals surface area contributed by atoms with Crippen LogP contribution in [0.15, 0.2) is 36.4 Å². The van der Waals surface area contributed by atoms with Gasteiger partial charge in [0, 0.05) is 24.2 Å². The molecule has 3 rings (SSSR count). The summed E-state index contributed by atoms with van der Waals surface area (Å²) in [5.41, 5.74) is 14.3. The van der Waals surface area contributed by atoms with Crippen molar-refractivity contribution < 1.29 is 24.7 Å². The van der Waals surface area contributed by atoms with Crippen molar-refractivity contribution in [2.45, 2.75) is 31.7 Å². The average molecular weight is 371 g/mol. The molecular formula is C18H22BN3O5. The molecule has 142 valence electrons. The van der Waals surface area contributed by atoms with Gasteiger partial charge in [-0.15, -0.1) is 0 Å². The summed E-state index contributed by atoms with van der Waals surface area (Å²) in [6.45, 7) is 0.599. The van der Waals surface area contributed by atoms with E-state index < -0.39 is 19.3 Å². The molecule has 9 heteroatoms. The number of benzene rings is 2. The molecule has 0 bridgehead atoms. The lowest BCUT2D eigenvalue weighted by Crippen LogP contribution is -2.53. The van der Waals surface area contributed by atoms with E-state index in [0.29, 0.717) is 17.7 Å². The number of nitrogens with one attached hydrogen (secondary N) is 1. The van der Waals surface area contributed by atoms with E-state index in [-0.39, 0.29) is 30.2 Å². The summed E-state index contributed by atoms with van der Waals surface area (Å²) in [7, 11) is -1.32. The lowest BCUT2D eigenvalue weighted by Gasteiger charge is -2.29. The van der Waals surface area contributed by atoms with Crippen molar-refractivity contribution in [3.63, 3.8) is 0 Å². The van der Waals surface area contributed by atoms with Crippen LogP contribution in [0.5, 0.6) is 5.75 Å². The Hall–Kier alpha value is -2.43. The zero-order valence-corrected chi connectivity index (χ0v) is 14.6. The summed E-state index contributed by atoms with van der Waals surface area (Å²) in [6, 6.07) is 10.0. The zero-order chi connectivity index (χ0) is 19.6. The van der Waals surface area contributed by atoms with E-state index in [9.17, 15) is 20.0 Å². The van der Waals surface area contributed by atoms with Gasteiger partial charge in [0.05, 0.1) is 5.94 Å². The first-order valence-electron chi connectivity index (χ1n) is 8.60. The molecule has 0 unspecified atom stereocenters. The molecule has 8 N–H and O–H groups in total. The summed E-state index contributed by atoms with van der Waals surface area (Å²) in [4.78, 5) is 12.6. The van der Waals surface area contributed by atoms with Crippen molar-refractivity contribution in [1.29, 1.82) is 0 Å². The number of carbonyl (C=O) groups excluding carboxylic acids is 1. The van der Waals surface area contributed by atoms with Crippen LogP contribution in [0.4, 0.5) is 0 Å². The number of fused-ring (bicyclic) bond motifs is 1. The standard InChI is InChI=1S/C18H22BN3O5/c20-8-12-5-4-11(6-13(12)9-21)17(23)22-15-7-10-2-1-3-14(18(24)25)16(10)27-19(15)26/h1-6,15,18,24-26H,7-9,20-21H2,(H,22,23)/t15-/m0/s1. The molecule has 27 heavy (non-hydrogen) atoms. The fourth-order valence-electron chi connectivity index (χ4n) is 3.18. The first-order chi connectivity index (χ1) is 12.9. The van der Waals surface area contributed by atoms with E-state index >= 15 is 0 Å². The molecule has 0 spiro atoms. The predicted octanol–water partition coefficient (Wildman–Crippen LogP) is -0.660. The van der Waals surface area contributed by atoms with Crippen molar-refractivity contribution in [2.24, 2.45) is 11.5 Å². The van der Waals surface area contributed by atoms with E-state index in [0.717, 1.165) is 11.1 Å². The molecule has 0 saturated heterocycles. The van der Waals surface area contributed by atoms with E-state index in [1.807, 2.05) is 0 Å². The minimum Gasteiger partial charge on any atom is -0.534 e. The van der Waals surface area contributed by atoms with Crippen molar-refractivity contribution in [3.8, 4) is 5.75 Å². The highest BCUT2D eigenvalue weighted by Crippen LogP contribution is 2.33. The van der Waals surface area contributed by atoms with Crippen molar-refractivity contribution in [2.75, 3.05) is 0 Å². The predicted molar refractivity (Wildman–Crippen MR) is 99.4 cm³/mol. The van der Waals surface area contributed by atoms with E-state index in [1.54, 1.807) is 30.3 Å². The number of amides is 1. The second-order valence-electron chi connectivity index (χ2n) is 6.39. The van der Waals surface area contributed by atoms with Crippen LogP contribution in [0.2, 0.25) is 0 Å². The minimum atomic E-state index is -1.71. The van der Waals surface area contributed by atoms with E-state index in [4.69, 9.17) is 16.1 Å². The molecule has 0 aromatic heterocycles. The number of para-hydroxylation sites is 1. The van der Waals surface area contributed by atoms with Gasteiger partial charge in [-0.2, -0.15) is 0 Å². The SMILES string of the molecule is NCc1ccc(C(=O)N[C@H]2Cc3cccc(C(O)O)c3OB2O)cc1CN. The molecule has 0 radical (unpaired) electrons. The molecule has 1 heterocycles. The highest BCUT2D eigenvalue weighted by Gasteiger charge is 2.37. The van der Waals surface area contributed by atoms with Crippen molar-refractivity contribution in [3.05, 3.63) is 64.2 Å². The van der Waals surface area contributed by atoms with E-state index in [1.165, 1.54) is 6.07 Å². The van der Waals surface area contributed by atoms with Crippen LogP contribution < -0.4 is 21.4 Å². The van der Waals surface area contributed by atoms with Gasteiger partial charge < -0.3 is 36.7 Å². The van der Waals surface area contributed by atoms with Crippen LogP contribution in [0.25, 0.3) is 0 Å². The van der Waals surface area contributed by atoms with Gasteiger partial charge in [0.2, 0.25) is 0 Å². The number of aliphatic hydroxyl groups excluding tert-OH is 1. The summed E-state index contributed by atoms with van der Waals surface area (Å²) >= 11 is 0. The van der Waals surface area contributed by atoms with Gasteiger partial charge in [-0.05, 0) is 35.2 Å². The van der Waals surface area contributed by atoms with Gasteiger partial charge in [-0.3, -0.25) is 4.79 Å². The second-order valence-corrected chi connectivity index (χ2v) is 6.39. The van der Waals surface area contributed by atoms with Crippen molar-refractivity contribution in [1.82, 2.24) is 5.32 Å². The van der Waals surface area contributed by atoms with Gasteiger partial charge in [-0.1, -0.05) is 24.3 Å². The van der Waals surface area contributed by atoms with Gasteiger partial charge in [-0.25, -0.2) is 0 Å². The van der Waals surface area contributed by atoms with Crippen LogP contribution in [0.1, 0.15) is 38.9 Å². The third kappa shape index (κ3) is 3.97. The summed E-state index contributed by atoms with van der Waals surface area (Å²) in [5.74, 6) is -0.836. The Kier molecular flexibility index (Phi) is 5.78. The molecule has 0 aliphatic carbocycles. The number of hydrogen-bond donors (Lipinski definition) is 6. The van der Waals surface area contributed by atoms with Gasteiger partial charge in [0.1, 0.15) is 5.75 Å². The number of nitrogens with two attached hydrogens (primary N) is 2. The van der Waals surface area contributed by atoms with Gasteiger partial charge >= 0.3 is 7.12 Å². The maximum Gasteiger partial charge on any atom is 0.547 e. The largest absolute Gasteiger partial charge is 0.547 e. The summed E-state index contributed by atoms with van der Waals surface area (Å²) in [6.07, 6.45) is -1.43. The van der Waals surface area contributed by atoms with Gasteiger partial charge in [0.15, 0.2) is 6.29 Å². The number of carbonyl (C=O) groups is 1. The first-order valence-corrected chi connectivity index (χ1v) is 8.60. The Labute approximate surface area is 156 Å². The maximum absolute atomic E-state index is 12.6. The maximum atomic E-state index is 12.6. The Balaban J connectivity index is 1.78. The quantitative estimate of drug-likeness (QED) is 0.302. The fourth-order valence-corrected chi connectivity index (χ4v) is 3.18. The van der Waals surface area contributed by atoms with Crippen LogP contribution in [-0.2, 0) is 19.5 Å². The molecule has 1 aliphatic rings. The van der Waals surface area contributed by atoms with Gasteiger partial charge in [0.25, 0.3) is 5.91 Å². The minimum absolute atomic E-state index is 0.168.